The normalized spacial score (nSPS) is 26.6. The van der Waals surface area contributed by atoms with Gasteiger partial charge in [-0.15, -0.1) is 0 Å². The van der Waals surface area contributed by atoms with E-state index in [2.05, 4.69) is 0 Å². The number of rotatable bonds is 5. The van der Waals surface area contributed by atoms with Gasteiger partial charge in [-0.05, 0) is 61.7 Å². The molecule has 3 saturated carbocycles. The average molecular weight is 278 g/mol. The van der Waals surface area contributed by atoms with E-state index in [4.69, 9.17) is 0 Å². The molecule has 3 aliphatic rings. The topological polar surface area (TPSA) is 37.3 Å². The van der Waals surface area contributed by atoms with Crippen LogP contribution in [-0.2, 0) is 4.79 Å². The Balaban J connectivity index is 1.93. The van der Waals surface area contributed by atoms with Crippen molar-refractivity contribution in [2.24, 2.45) is 23.2 Å². The Morgan fingerprint density at radius 1 is 0.750 bits per heavy atom. The Morgan fingerprint density at radius 3 is 1.30 bits per heavy atom. The SMILES string of the molecule is O=C(O)CC(C1CCCC1)(C1CCCC1)C1CCCC1. The molecule has 1 N–H and O–H groups in total. The van der Waals surface area contributed by atoms with Crippen molar-refractivity contribution in [2.75, 3.05) is 0 Å². The molecule has 0 aliphatic heterocycles. The quantitative estimate of drug-likeness (QED) is 0.766. The molecule has 0 spiro atoms. The minimum atomic E-state index is -0.532. The summed E-state index contributed by atoms with van der Waals surface area (Å²) < 4.78 is 0. The molecular weight excluding hydrogens is 248 g/mol. The number of carboxylic acids is 1. The summed E-state index contributed by atoms with van der Waals surface area (Å²) in [6.45, 7) is 0. The highest BCUT2D eigenvalue weighted by Gasteiger charge is 2.52. The summed E-state index contributed by atoms with van der Waals surface area (Å²) in [6, 6.07) is 0. The summed E-state index contributed by atoms with van der Waals surface area (Å²) in [5.74, 6) is 1.61. The van der Waals surface area contributed by atoms with Gasteiger partial charge in [-0.3, -0.25) is 4.79 Å². The molecule has 2 heteroatoms. The van der Waals surface area contributed by atoms with Crippen molar-refractivity contribution in [3.8, 4) is 0 Å². The largest absolute Gasteiger partial charge is 0.481 e. The predicted molar refractivity (Wildman–Crippen MR) is 80.6 cm³/mol. The number of hydrogen-bond acceptors (Lipinski definition) is 1. The van der Waals surface area contributed by atoms with Crippen LogP contribution in [0.2, 0.25) is 0 Å². The second-order valence-corrected chi connectivity index (χ2v) is 7.63. The number of carbonyl (C=O) groups is 1. The van der Waals surface area contributed by atoms with Crippen molar-refractivity contribution >= 4 is 5.97 Å². The molecule has 0 unspecified atom stereocenters. The fraction of sp³-hybridized carbons (Fsp3) is 0.944. The lowest BCUT2D eigenvalue weighted by Gasteiger charge is -2.48. The zero-order valence-corrected chi connectivity index (χ0v) is 12.8. The monoisotopic (exact) mass is 278 g/mol. The fourth-order valence-corrected chi connectivity index (χ4v) is 6.08. The first-order valence-corrected chi connectivity index (χ1v) is 8.95. The van der Waals surface area contributed by atoms with E-state index < -0.39 is 5.97 Å². The highest BCUT2D eigenvalue weighted by atomic mass is 16.4. The summed E-state index contributed by atoms with van der Waals surface area (Å²) in [4.78, 5) is 11.7. The van der Waals surface area contributed by atoms with E-state index >= 15 is 0 Å². The van der Waals surface area contributed by atoms with Crippen molar-refractivity contribution in [1.82, 2.24) is 0 Å². The van der Waals surface area contributed by atoms with E-state index in [1.54, 1.807) is 0 Å². The molecule has 2 nitrogen and oxygen atoms in total. The van der Waals surface area contributed by atoms with Crippen molar-refractivity contribution in [3.05, 3.63) is 0 Å². The van der Waals surface area contributed by atoms with Crippen molar-refractivity contribution in [1.29, 1.82) is 0 Å². The van der Waals surface area contributed by atoms with Gasteiger partial charge in [0.2, 0.25) is 0 Å². The zero-order valence-electron chi connectivity index (χ0n) is 12.8. The first-order valence-electron chi connectivity index (χ1n) is 8.95. The number of aliphatic carboxylic acids is 1. The summed E-state index contributed by atoms with van der Waals surface area (Å²) >= 11 is 0. The van der Waals surface area contributed by atoms with Gasteiger partial charge in [-0.1, -0.05) is 38.5 Å². The predicted octanol–water partition coefficient (Wildman–Crippen LogP) is 5.02. The zero-order chi connectivity index (χ0) is 14.0. The van der Waals surface area contributed by atoms with E-state index in [0.717, 1.165) is 0 Å². The Hall–Kier alpha value is -0.530. The van der Waals surface area contributed by atoms with Gasteiger partial charge >= 0.3 is 5.97 Å². The van der Waals surface area contributed by atoms with Crippen LogP contribution in [-0.4, -0.2) is 11.1 Å². The summed E-state index contributed by atoms with van der Waals surface area (Å²) in [5.41, 5.74) is 0.162. The molecule has 3 rings (SSSR count). The van der Waals surface area contributed by atoms with Gasteiger partial charge in [0, 0.05) is 0 Å². The van der Waals surface area contributed by atoms with Gasteiger partial charge in [0.15, 0.2) is 0 Å². The molecule has 3 fully saturated rings. The van der Waals surface area contributed by atoms with Crippen LogP contribution in [0.1, 0.15) is 83.5 Å². The molecule has 0 aromatic carbocycles. The van der Waals surface area contributed by atoms with Gasteiger partial charge in [0.05, 0.1) is 6.42 Å². The van der Waals surface area contributed by atoms with Crippen LogP contribution in [0.15, 0.2) is 0 Å². The lowest BCUT2D eigenvalue weighted by atomic mass is 9.56. The second-order valence-electron chi connectivity index (χ2n) is 7.63. The Kier molecular flexibility index (Phi) is 4.37. The molecule has 0 bridgehead atoms. The summed E-state index contributed by atoms with van der Waals surface area (Å²) in [6.07, 6.45) is 16.3. The molecule has 3 aliphatic carbocycles. The lowest BCUT2D eigenvalue weighted by Crippen LogP contribution is -2.44. The minimum absolute atomic E-state index is 0.162. The molecule has 0 aromatic heterocycles. The summed E-state index contributed by atoms with van der Waals surface area (Å²) in [7, 11) is 0. The Morgan fingerprint density at radius 2 is 1.05 bits per heavy atom. The fourth-order valence-electron chi connectivity index (χ4n) is 6.08. The van der Waals surface area contributed by atoms with Crippen LogP contribution < -0.4 is 0 Å². The Labute approximate surface area is 123 Å². The molecule has 0 heterocycles. The molecule has 0 atom stereocenters. The van der Waals surface area contributed by atoms with Gasteiger partial charge in [0.25, 0.3) is 0 Å². The summed E-state index contributed by atoms with van der Waals surface area (Å²) in [5, 5.41) is 9.63. The van der Waals surface area contributed by atoms with Gasteiger partial charge in [-0.2, -0.15) is 0 Å². The van der Waals surface area contributed by atoms with Crippen LogP contribution in [0, 0.1) is 23.2 Å². The first-order chi connectivity index (χ1) is 9.73. The van der Waals surface area contributed by atoms with E-state index in [1.807, 2.05) is 0 Å². The van der Waals surface area contributed by atoms with Crippen LogP contribution in [0.4, 0.5) is 0 Å². The van der Waals surface area contributed by atoms with Crippen molar-refractivity contribution < 1.29 is 9.90 Å². The molecule has 0 radical (unpaired) electrons. The Bertz CT molecular complexity index is 291. The van der Waals surface area contributed by atoms with Gasteiger partial charge in [-0.25, -0.2) is 0 Å². The van der Waals surface area contributed by atoms with E-state index in [1.165, 1.54) is 77.0 Å². The van der Waals surface area contributed by atoms with E-state index in [9.17, 15) is 9.90 Å². The van der Waals surface area contributed by atoms with Gasteiger partial charge in [0.1, 0.15) is 0 Å². The minimum Gasteiger partial charge on any atom is -0.481 e. The second kappa shape index (κ2) is 6.07. The molecular formula is C18H30O2. The molecule has 0 amide bonds. The first kappa shape index (κ1) is 14.4. The molecule has 0 saturated heterocycles. The average Bonchev–Trinajstić information content (AvgIpc) is 3.15. The maximum absolute atomic E-state index is 11.7. The third kappa shape index (κ3) is 2.51. The smallest absolute Gasteiger partial charge is 0.303 e. The van der Waals surface area contributed by atoms with Crippen molar-refractivity contribution in [2.45, 2.75) is 83.5 Å². The molecule has 114 valence electrons. The lowest BCUT2D eigenvalue weighted by molar-refractivity contribution is -0.145. The standard InChI is InChI=1S/C18H30O2/c19-17(20)13-18(14-7-1-2-8-14,15-9-3-4-10-15)16-11-5-6-12-16/h14-16H,1-13H2,(H,19,20). The molecule has 0 aromatic rings. The maximum atomic E-state index is 11.7. The maximum Gasteiger partial charge on any atom is 0.303 e. The van der Waals surface area contributed by atoms with Crippen molar-refractivity contribution in [3.63, 3.8) is 0 Å². The number of carboxylic acid groups (broad SMARTS) is 1. The third-order valence-electron chi connectivity index (χ3n) is 6.80. The number of hydrogen-bond donors (Lipinski definition) is 1. The van der Waals surface area contributed by atoms with Crippen LogP contribution in [0.5, 0.6) is 0 Å². The van der Waals surface area contributed by atoms with Crippen LogP contribution in [0.3, 0.4) is 0 Å². The van der Waals surface area contributed by atoms with E-state index in [0.29, 0.717) is 24.2 Å². The highest BCUT2D eigenvalue weighted by molar-refractivity contribution is 5.68. The highest BCUT2D eigenvalue weighted by Crippen LogP contribution is 2.60. The third-order valence-corrected chi connectivity index (χ3v) is 6.80. The van der Waals surface area contributed by atoms with Crippen LogP contribution in [0.25, 0.3) is 0 Å². The van der Waals surface area contributed by atoms with Crippen LogP contribution >= 0.6 is 0 Å². The van der Waals surface area contributed by atoms with E-state index in [-0.39, 0.29) is 5.41 Å². The van der Waals surface area contributed by atoms with Gasteiger partial charge < -0.3 is 5.11 Å². The molecule has 20 heavy (non-hydrogen) atoms.